The summed E-state index contributed by atoms with van der Waals surface area (Å²) in [6.07, 6.45) is 0.649. The third kappa shape index (κ3) is 4.26. The summed E-state index contributed by atoms with van der Waals surface area (Å²) in [7, 11) is 3.10. The van der Waals surface area contributed by atoms with Crippen LogP contribution in [0.2, 0.25) is 0 Å². The summed E-state index contributed by atoms with van der Waals surface area (Å²) in [5.41, 5.74) is 0.985. The summed E-state index contributed by atoms with van der Waals surface area (Å²) in [6.45, 7) is 1.94. The van der Waals surface area contributed by atoms with E-state index >= 15 is 0 Å². The van der Waals surface area contributed by atoms with Gasteiger partial charge in [-0.3, -0.25) is 14.9 Å². The summed E-state index contributed by atoms with van der Waals surface area (Å²) < 4.78 is 10.5. The van der Waals surface area contributed by atoms with Crippen molar-refractivity contribution in [3.63, 3.8) is 0 Å². The van der Waals surface area contributed by atoms with Crippen molar-refractivity contribution in [2.45, 2.75) is 19.4 Å². The Morgan fingerprint density at radius 1 is 1.16 bits per heavy atom. The van der Waals surface area contributed by atoms with Gasteiger partial charge in [-0.1, -0.05) is 19.1 Å². The van der Waals surface area contributed by atoms with Gasteiger partial charge in [0.25, 0.3) is 11.6 Å². The number of methoxy groups -OCH3 is 2. The Bertz CT molecular complexity index is 776. The van der Waals surface area contributed by atoms with Crippen LogP contribution < -0.4 is 14.8 Å². The molecule has 1 amide bonds. The molecule has 0 saturated carbocycles. The predicted molar refractivity (Wildman–Crippen MR) is 93.1 cm³/mol. The van der Waals surface area contributed by atoms with Crippen molar-refractivity contribution in [3.05, 3.63) is 63.7 Å². The van der Waals surface area contributed by atoms with Gasteiger partial charge < -0.3 is 14.8 Å². The fourth-order valence-corrected chi connectivity index (χ4v) is 2.49. The lowest BCUT2D eigenvalue weighted by Crippen LogP contribution is -2.28. The lowest BCUT2D eigenvalue weighted by atomic mass is 10.0. The van der Waals surface area contributed by atoms with Crippen molar-refractivity contribution in [1.29, 1.82) is 0 Å². The summed E-state index contributed by atoms with van der Waals surface area (Å²) >= 11 is 0. The van der Waals surface area contributed by atoms with E-state index in [0.29, 0.717) is 17.9 Å². The zero-order chi connectivity index (χ0) is 18.4. The van der Waals surface area contributed by atoms with E-state index in [1.165, 1.54) is 18.2 Å². The number of carbonyl (C=O) groups is 1. The van der Waals surface area contributed by atoms with Crippen molar-refractivity contribution in [2.75, 3.05) is 14.2 Å². The quantitative estimate of drug-likeness (QED) is 0.613. The molecule has 25 heavy (non-hydrogen) atoms. The number of amides is 1. The zero-order valence-corrected chi connectivity index (χ0v) is 14.3. The number of nitrogens with zero attached hydrogens (tertiary/aromatic N) is 1. The predicted octanol–water partition coefficient (Wildman–Crippen LogP) is 3.49. The summed E-state index contributed by atoms with van der Waals surface area (Å²) in [4.78, 5) is 22.8. The monoisotopic (exact) mass is 344 g/mol. The molecule has 0 unspecified atom stereocenters. The molecule has 0 aliphatic heterocycles. The first-order valence-corrected chi connectivity index (χ1v) is 7.77. The summed E-state index contributed by atoms with van der Waals surface area (Å²) in [5, 5.41) is 13.8. The van der Waals surface area contributed by atoms with Gasteiger partial charge in [-0.2, -0.15) is 0 Å². The Balaban J connectivity index is 2.23. The summed E-state index contributed by atoms with van der Waals surface area (Å²) in [6, 6.07) is 10.8. The molecule has 0 aliphatic carbocycles. The molecule has 0 fully saturated rings. The third-order valence-electron chi connectivity index (χ3n) is 3.84. The van der Waals surface area contributed by atoms with Crippen LogP contribution in [0.25, 0.3) is 0 Å². The second-order valence-electron chi connectivity index (χ2n) is 5.36. The van der Waals surface area contributed by atoms with Crippen LogP contribution in [0.1, 0.15) is 35.3 Å². The standard InChI is InChI=1S/C18H20N2O5/c1-4-15(12-8-9-16(24-2)17(11-12)25-3)19-18(21)13-6-5-7-14(10-13)20(22)23/h5-11,15H,4H2,1-3H3,(H,19,21)/t15-/m1/s1. The van der Waals surface area contributed by atoms with Gasteiger partial charge in [0.05, 0.1) is 25.2 Å². The van der Waals surface area contributed by atoms with Crippen molar-refractivity contribution < 1.29 is 19.2 Å². The van der Waals surface area contributed by atoms with Gasteiger partial charge >= 0.3 is 0 Å². The first-order chi connectivity index (χ1) is 12.0. The topological polar surface area (TPSA) is 90.7 Å². The molecule has 0 heterocycles. The van der Waals surface area contributed by atoms with Crippen molar-refractivity contribution >= 4 is 11.6 Å². The molecule has 0 bridgehead atoms. The molecule has 132 valence electrons. The fraction of sp³-hybridized carbons (Fsp3) is 0.278. The number of nitrogens with one attached hydrogen (secondary N) is 1. The second kappa shape index (κ2) is 8.14. The van der Waals surface area contributed by atoms with Gasteiger partial charge in [-0.05, 0) is 30.2 Å². The maximum Gasteiger partial charge on any atom is 0.270 e. The number of nitro groups is 1. The molecule has 7 nitrogen and oxygen atoms in total. The minimum Gasteiger partial charge on any atom is -0.493 e. The molecule has 0 aliphatic rings. The molecule has 7 heteroatoms. The van der Waals surface area contributed by atoms with E-state index in [2.05, 4.69) is 5.32 Å². The highest BCUT2D eigenvalue weighted by atomic mass is 16.6. The van der Waals surface area contributed by atoms with E-state index in [9.17, 15) is 14.9 Å². The van der Waals surface area contributed by atoms with Gasteiger partial charge in [-0.25, -0.2) is 0 Å². The van der Waals surface area contributed by atoms with Gasteiger partial charge in [0.15, 0.2) is 11.5 Å². The number of hydrogen-bond donors (Lipinski definition) is 1. The van der Waals surface area contributed by atoms with Gasteiger partial charge in [0.1, 0.15) is 0 Å². The van der Waals surface area contributed by atoms with Crippen LogP contribution in [0.3, 0.4) is 0 Å². The number of non-ortho nitro benzene ring substituents is 1. The number of hydrogen-bond acceptors (Lipinski definition) is 5. The Labute approximate surface area is 145 Å². The smallest absolute Gasteiger partial charge is 0.270 e. The highest BCUT2D eigenvalue weighted by Crippen LogP contribution is 2.31. The van der Waals surface area contributed by atoms with E-state index < -0.39 is 4.92 Å². The SMILES string of the molecule is CC[C@@H](NC(=O)c1cccc([N+](=O)[O-])c1)c1ccc(OC)c(OC)c1. The van der Waals surface area contributed by atoms with E-state index in [4.69, 9.17) is 9.47 Å². The maximum absolute atomic E-state index is 12.5. The Hall–Kier alpha value is -3.09. The number of nitro benzene ring substituents is 1. The van der Waals surface area contributed by atoms with Crippen LogP contribution in [-0.4, -0.2) is 25.1 Å². The Morgan fingerprint density at radius 3 is 2.48 bits per heavy atom. The normalized spacial score (nSPS) is 11.5. The largest absolute Gasteiger partial charge is 0.493 e. The Morgan fingerprint density at radius 2 is 1.88 bits per heavy atom. The Kier molecular flexibility index (Phi) is 5.94. The second-order valence-corrected chi connectivity index (χ2v) is 5.36. The number of ether oxygens (including phenoxy) is 2. The van der Waals surface area contributed by atoms with Crippen LogP contribution in [0.5, 0.6) is 11.5 Å². The van der Waals surface area contributed by atoms with Gasteiger partial charge in [0, 0.05) is 17.7 Å². The highest BCUT2D eigenvalue weighted by molar-refractivity contribution is 5.95. The van der Waals surface area contributed by atoms with Crippen LogP contribution in [0, 0.1) is 10.1 Å². The summed E-state index contributed by atoms with van der Waals surface area (Å²) in [5.74, 6) is 0.805. The molecular weight excluding hydrogens is 324 g/mol. The van der Waals surface area contributed by atoms with Gasteiger partial charge in [-0.15, -0.1) is 0 Å². The van der Waals surface area contributed by atoms with Crippen molar-refractivity contribution in [3.8, 4) is 11.5 Å². The first kappa shape index (κ1) is 18.3. The number of benzene rings is 2. The van der Waals surface area contributed by atoms with E-state index in [1.807, 2.05) is 13.0 Å². The van der Waals surface area contributed by atoms with Crippen LogP contribution in [-0.2, 0) is 0 Å². The average Bonchev–Trinajstić information content (AvgIpc) is 2.65. The molecule has 2 aromatic carbocycles. The highest BCUT2D eigenvalue weighted by Gasteiger charge is 2.18. The molecule has 1 N–H and O–H groups in total. The number of rotatable bonds is 7. The van der Waals surface area contributed by atoms with Crippen molar-refractivity contribution in [2.24, 2.45) is 0 Å². The molecule has 0 radical (unpaired) electrons. The zero-order valence-electron chi connectivity index (χ0n) is 14.3. The molecule has 0 aromatic heterocycles. The van der Waals surface area contributed by atoms with Crippen molar-refractivity contribution in [1.82, 2.24) is 5.32 Å². The molecule has 1 atom stereocenters. The van der Waals surface area contributed by atoms with Crippen LogP contribution in [0.15, 0.2) is 42.5 Å². The average molecular weight is 344 g/mol. The minimum absolute atomic E-state index is 0.119. The minimum atomic E-state index is -0.525. The molecule has 0 spiro atoms. The van der Waals surface area contributed by atoms with Crippen LogP contribution in [0.4, 0.5) is 5.69 Å². The lowest BCUT2D eigenvalue weighted by molar-refractivity contribution is -0.384. The number of carbonyl (C=O) groups excluding carboxylic acids is 1. The molecule has 2 aromatic rings. The van der Waals surface area contributed by atoms with Crippen LogP contribution >= 0.6 is 0 Å². The molecule has 2 rings (SSSR count). The molecular formula is C18H20N2O5. The lowest BCUT2D eigenvalue weighted by Gasteiger charge is -2.19. The van der Waals surface area contributed by atoms with E-state index in [-0.39, 0.29) is 23.2 Å². The maximum atomic E-state index is 12.5. The third-order valence-corrected chi connectivity index (χ3v) is 3.84. The van der Waals surface area contributed by atoms with E-state index in [0.717, 1.165) is 5.56 Å². The van der Waals surface area contributed by atoms with Gasteiger partial charge in [0.2, 0.25) is 0 Å². The molecule has 0 saturated heterocycles. The fourth-order valence-electron chi connectivity index (χ4n) is 2.49. The van der Waals surface area contributed by atoms with E-state index in [1.54, 1.807) is 32.4 Å². The first-order valence-electron chi connectivity index (χ1n) is 7.77.